The van der Waals surface area contributed by atoms with E-state index in [1.165, 1.54) is 24.0 Å². The Bertz CT molecular complexity index is 421. The molecule has 1 fully saturated rings. The van der Waals surface area contributed by atoms with E-state index in [0.717, 1.165) is 12.5 Å². The quantitative estimate of drug-likeness (QED) is 0.816. The van der Waals surface area contributed by atoms with Gasteiger partial charge in [0.2, 0.25) is 0 Å². The molecule has 2 nitrogen and oxygen atoms in total. The molecule has 1 aliphatic rings. The van der Waals surface area contributed by atoms with E-state index in [9.17, 15) is 0 Å². The van der Waals surface area contributed by atoms with Gasteiger partial charge in [-0.05, 0) is 49.7 Å². The second-order valence-corrected chi connectivity index (χ2v) is 6.84. The van der Waals surface area contributed by atoms with Crippen LogP contribution in [0.15, 0.2) is 24.3 Å². The zero-order valence-corrected chi connectivity index (χ0v) is 13.5. The second kappa shape index (κ2) is 6.73. The third-order valence-electron chi connectivity index (χ3n) is 4.24. The zero-order valence-electron chi connectivity index (χ0n) is 13.5. The first-order valence-electron chi connectivity index (χ1n) is 8.09. The Balaban J connectivity index is 2.29. The summed E-state index contributed by atoms with van der Waals surface area (Å²) in [5, 5.41) is 0. The Labute approximate surface area is 124 Å². The zero-order chi connectivity index (χ0) is 14.7. The molecule has 0 amide bonds. The van der Waals surface area contributed by atoms with E-state index in [1.54, 1.807) is 0 Å². The van der Waals surface area contributed by atoms with Gasteiger partial charge in [0.05, 0.1) is 0 Å². The number of benzene rings is 1. The van der Waals surface area contributed by atoms with Gasteiger partial charge in [-0.3, -0.25) is 4.90 Å². The minimum Gasteiger partial charge on any atom is -0.329 e. The number of hydrogen-bond donors (Lipinski definition) is 1. The van der Waals surface area contributed by atoms with Crippen molar-refractivity contribution in [3.63, 3.8) is 0 Å². The molecular weight excluding hydrogens is 244 g/mol. The van der Waals surface area contributed by atoms with Gasteiger partial charge in [-0.15, -0.1) is 0 Å². The summed E-state index contributed by atoms with van der Waals surface area (Å²) in [5.41, 5.74) is 9.17. The monoisotopic (exact) mass is 274 g/mol. The first-order chi connectivity index (χ1) is 9.54. The van der Waals surface area contributed by atoms with Crippen molar-refractivity contribution in [3.05, 3.63) is 35.4 Å². The molecule has 2 rings (SSSR count). The Morgan fingerprint density at radius 2 is 1.80 bits per heavy atom. The van der Waals surface area contributed by atoms with Crippen molar-refractivity contribution in [2.24, 2.45) is 11.7 Å². The number of rotatable bonds is 7. The normalized spacial score (nSPS) is 17.2. The summed E-state index contributed by atoms with van der Waals surface area (Å²) in [6.45, 7) is 11.0. The maximum Gasteiger partial charge on any atom is 0.0476 e. The minimum atomic E-state index is 0.356. The van der Waals surface area contributed by atoms with E-state index < -0.39 is 0 Å². The van der Waals surface area contributed by atoms with Crippen LogP contribution in [-0.2, 0) is 0 Å². The Morgan fingerprint density at radius 1 is 1.15 bits per heavy atom. The van der Waals surface area contributed by atoms with Crippen molar-refractivity contribution in [3.8, 4) is 0 Å². The highest BCUT2D eigenvalue weighted by Gasteiger charge is 2.30. The van der Waals surface area contributed by atoms with Gasteiger partial charge in [0.25, 0.3) is 0 Å². The fourth-order valence-electron chi connectivity index (χ4n) is 3.14. The summed E-state index contributed by atoms with van der Waals surface area (Å²) in [5.74, 6) is 1.45. The predicted molar refractivity (Wildman–Crippen MR) is 86.9 cm³/mol. The molecule has 1 aromatic rings. The van der Waals surface area contributed by atoms with Crippen molar-refractivity contribution in [2.75, 3.05) is 13.1 Å². The average molecular weight is 274 g/mol. The fourth-order valence-corrected chi connectivity index (χ4v) is 3.14. The highest BCUT2D eigenvalue weighted by molar-refractivity contribution is 5.36. The van der Waals surface area contributed by atoms with Crippen molar-refractivity contribution in [1.82, 2.24) is 4.90 Å². The molecule has 0 saturated heterocycles. The molecule has 0 spiro atoms. The summed E-state index contributed by atoms with van der Waals surface area (Å²) in [7, 11) is 0. The van der Waals surface area contributed by atoms with Gasteiger partial charge in [0, 0.05) is 25.2 Å². The van der Waals surface area contributed by atoms with Crippen LogP contribution in [0.1, 0.15) is 63.6 Å². The van der Waals surface area contributed by atoms with Gasteiger partial charge in [-0.25, -0.2) is 0 Å². The van der Waals surface area contributed by atoms with Crippen molar-refractivity contribution < 1.29 is 0 Å². The van der Waals surface area contributed by atoms with Crippen LogP contribution in [0.5, 0.6) is 0 Å². The van der Waals surface area contributed by atoms with E-state index >= 15 is 0 Å². The minimum absolute atomic E-state index is 0.356. The Kier molecular flexibility index (Phi) is 5.22. The smallest absolute Gasteiger partial charge is 0.0476 e. The summed E-state index contributed by atoms with van der Waals surface area (Å²) < 4.78 is 0. The molecule has 1 aromatic carbocycles. The van der Waals surface area contributed by atoms with Gasteiger partial charge in [0.15, 0.2) is 0 Å². The van der Waals surface area contributed by atoms with Crippen molar-refractivity contribution in [1.29, 1.82) is 0 Å². The molecular formula is C18H30N2. The largest absolute Gasteiger partial charge is 0.329 e. The van der Waals surface area contributed by atoms with Crippen LogP contribution >= 0.6 is 0 Å². The summed E-state index contributed by atoms with van der Waals surface area (Å²) >= 11 is 0. The maximum atomic E-state index is 6.17. The lowest BCUT2D eigenvalue weighted by molar-refractivity contribution is 0.138. The van der Waals surface area contributed by atoms with Gasteiger partial charge in [-0.1, -0.05) is 38.1 Å². The Hall–Kier alpha value is -0.860. The SMILES string of the molecule is CC(C)CN(C(C)C)C(CN)c1ccccc1C1CC1. The molecule has 112 valence electrons. The Morgan fingerprint density at radius 3 is 2.30 bits per heavy atom. The highest BCUT2D eigenvalue weighted by atomic mass is 15.2. The molecule has 0 bridgehead atoms. The third-order valence-corrected chi connectivity index (χ3v) is 4.24. The lowest BCUT2D eigenvalue weighted by Gasteiger charge is -2.37. The lowest BCUT2D eigenvalue weighted by atomic mass is 9.94. The first-order valence-corrected chi connectivity index (χ1v) is 8.09. The molecule has 1 saturated carbocycles. The summed E-state index contributed by atoms with van der Waals surface area (Å²) in [6, 6.07) is 9.82. The van der Waals surface area contributed by atoms with Crippen molar-refractivity contribution >= 4 is 0 Å². The molecule has 20 heavy (non-hydrogen) atoms. The van der Waals surface area contributed by atoms with Crippen LogP contribution in [0.2, 0.25) is 0 Å². The van der Waals surface area contributed by atoms with E-state index in [-0.39, 0.29) is 0 Å². The van der Waals surface area contributed by atoms with E-state index in [0.29, 0.717) is 24.5 Å². The molecule has 1 atom stereocenters. The topological polar surface area (TPSA) is 29.3 Å². The number of nitrogens with zero attached hydrogens (tertiary/aromatic N) is 1. The van der Waals surface area contributed by atoms with Crippen LogP contribution in [0, 0.1) is 5.92 Å². The van der Waals surface area contributed by atoms with E-state index in [1.807, 2.05) is 0 Å². The first kappa shape index (κ1) is 15.5. The molecule has 2 N–H and O–H groups in total. The van der Waals surface area contributed by atoms with E-state index in [2.05, 4.69) is 56.9 Å². The lowest BCUT2D eigenvalue weighted by Crippen LogP contribution is -2.41. The van der Waals surface area contributed by atoms with E-state index in [4.69, 9.17) is 5.73 Å². The van der Waals surface area contributed by atoms with Gasteiger partial charge in [-0.2, -0.15) is 0 Å². The summed E-state index contributed by atoms with van der Waals surface area (Å²) in [6.07, 6.45) is 2.69. The third kappa shape index (κ3) is 3.62. The molecule has 1 aliphatic carbocycles. The average Bonchev–Trinajstić information content (AvgIpc) is 3.23. The van der Waals surface area contributed by atoms with Crippen molar-refractivity contribution in [2.45, 2.75) is 58.5 Å². The second-order valence-electron chi connectivity index (χ2n) is 6.84. The molecule has 0 aromatic heterocycles. The van der Waals surface area contributed by atoms with Crippen LogP contribution < -0.4 is 5.73 Å². The molecule has 0 radical (unpaired) electrons. The molecule has 2 heteroatoms. The fraction of sp³-hybridized carbons (Fsp3) is 0.667. The van der Waals surface area contributed by atoms with Gasteiger partial charge >= 0.3 is 0 Å². The number of hydrogen-bond acceptors (Lipinski definition) is 2. The van der Waals surface area contributed by atoms with Crippen LogP contribution in [0.25, 0.3) is 0 Å². The summed E-state index contributed by atoms with van der Waals surface area (Å²) in [4.78, 5) is 2.58. The van der Waals surface area contributed by atoms with Crippen LogP contribution in [0.3, 0.4) is 0 Å². The molecule has 0 aliphatic heterocycles. The highest BCUT2D eigenvalue weighted by Crippen LogP contribution is 2.43. The van der Waals surface area contributed by atoms with Crippen LogP contribution in [-0.4, -0.2) is 24.0 Å². The molecule has 1 unspecified atom stereocenters. The van der Waals surface area contributed by atoms with Gasteiger partial charge < -0.3 is 5.73 Å². The standard InChI is InChI=1S/C18H30N2/c1-13(2)12-20(14(3)4)18(11-19)17-8-6-5-7-16(17)15-9-10-15/h5-8,13-15,18H,9-12,19H2,1-4H3. The van der Waals surface area contributed by atoms with Crippen LogP contribution in [0.4, 0.5) is 0 Å². The maximum absolute atomic E-state index is 6.17. The van der Waals surface area contributed by atoms with Gasteiger partial charge in [0.1, 0.15) is 0 Å². The predicted octanol–water partition coefficient (Wildman–Crippen LogP) is 3.93. The number of nitrogens with two attached hydrogens (primary N) is 1. The molecule has 0 heterocycles.